The van der Waals surface area contributed by atoms with Gasteiger partial charge in [0.25, 0.3) is 0 Å². The minimum atomic E-state index is 0.879. The van der Waals surface area contributed by atoms with Gasteiger partial charge in [-0.15, -0.1) is 0 Å². The Kier molecular flexibility index (Phi) is 2.33. The standard InChI is InChI=1S/C15H12O2/c1-16-14-9-8-13(15-7-4-10-17-15)11-5-2-3-6-12(11)14/h2-10H,1H3. The Morgan fingerprint density at radius 2 is 1.71 bits per heavy atom. The largest absolute Gasteiger partial charge is 0.496 e. The molecule has 0 saturated carbocycles. The lowest BCUT2D eigenvalue weighted by atomic mass is 10.0. The van der Waals surface area contributed by atoms with Gasteiger partial charge >= 0.3 is 0 Å². The maximum Gasteiger partial charge on any atom is 0.134 e. The van der Waals surface area contributed by atoms with Crippen LogP contribution >= 0.6 is 0 Å². The van der Waals surface area contributed by atoms with E-state index in [2.05, 4.69) is 12.1 Å². The van der Waals surface area contributed by atoms with Gasteiger partial charge in [-0.05, 0) is 29.7 Å². The average Bonchev–Trinajstić information content (AvgIpc) is 2.91. The normalized spacial score (nSPS) is 10.6. The molecule has 2 heteroatoms. The zero-order valence-electron chi connectivity index (χ0n) is 9.51. The second kappa shape index (κ2) is 3.98. The van der Waals surface area contributed by atoms with Crippen LogP contribution in [0.1, 0.15) is 0 Å². The molecule has 84 valence electrons. The molecule has 0 unspecified atom stereocenters. The lowest BCUT2D eigenvalue weighted by Crippen LogP contribution is -1.86. The predicted octanol–water partition coefficient (Wildman–Crippen LogP) is 4.11. The van der Waals surface area contributed by atoms with Gasteiger partial charge in [-0.1, -0.05) is 24.3 Å². The van der Waals surface area contributed by atoms with Crippen LogP contribution in [0.15, 0.2) is 59.2 Å². The first-order valence-electron chi connectivity index (χ1n) is 5.50. The molecule has 0 N–H and O–H groups in total. The van der Waals surface area contributed by atoms with Gasteiger partial charge in [0, 0.05) is 10.9 Å². The Hall–Kier alpha value is -2.22. The molecule has 0 saturated heterocycles. The minimum absolute atomic E-state index is 0.879. The summed E-state index contributed by atoms with van der Waals surface area (Å²) >= 11 is 0. The molecule has 0 atom stereocenters. The smallest absolute Gasteiger partial charge is 0.134 e. The molecule has 0 aliphatic heterocycles. The first-order chi connectivity index (χ1) is 8.40. The molecule has 1 heterocycles. The summed E-state index contributed by atoms with van der Waals surface area (Å²) < 4.78 is 10.8. The second-order valence-corrected chi connectivity index (χ2v) is 3.84. The van der Waals surface area contributed by atoms with Crippen LogP contribution in [0.4, 0.5) is 0 Å². The fraction of sp³-hybridized carbons (Fsp3) is 0.0667. The summed E-state index contributed by atoms with van der Waals surface area (Å²) in [4.78, 5) is 0. The lowest BCUT2D eigenvalue weighted by molar-refractivity contribution is 0.420. The lowest BCUT2D eigenvalue weighted by Gasteiger charge is -2.08. The topological polar surface area (TPSA) is 22.4 Å². The van der Waals surface area contributed by atoms with Crippen molar-refractivity contribution in [2.75, 3.05) is 7.11 Å². The molecular formula is C15H12O2. The second-order valence-electron chi connectivity index (χ2n) is 3.84. The molecule has 0 spiro atoms. The summed E-state index contributed by atoms with van der Waals surface area (Å²) in [6.07, 6.45) is 1.69. The monoisotopic (exact) mass is 224 g/mol. The summed E-state index contributed by atoms with van der Waals surface area (Å²) in [5.41, 5.74) is 1.09. The van der Waals surface area contributed by atoms with Gasteiger partial charge in [0.05, 0.1) is 13.4 Å². The summed E-state index contributed by atoms with van der Waals surface area (Å²) in [5.74, 6) is 1.76. The molecule has 0 amide bonds. The van der Waals surface area contributed by atoms with Crippen molar-refractivity contribution in [1.29, 1.82) is 0 Å². The van der Waals surface area contributed by atoms with Crippen molar-refractivity contribution in [2.24, 2.45) is 0 Å². The van der Waals surface area contributed by atoms with Gasteiger partial charge in [0.2, 0.25) is 0 Å². The molecular weight excluding hydrogens is 212 g/mol. The number of fused-ring (bicyclic) bond motifs is 1. The van der Waals surface area contributed by atoms with Gasteiger partial charge < -0.3 is 9.15 Å². The predicted molar refractivity (Wildman–Crippen MR) is 68.2 cm³/mol. The number of ether oxygens (including phenoxy) is 1. The van der Waals surface area contributed by atoms with Gasteiger partial charge in [0.15, 0.2) is 0 Å². The third kappa shape index (κ3) is 1.58. The Morgan fingerprint density at radius 3 is 2.41 bits per heavy atom. The molecule has 3 aromatic rings. The molecule has 0 fully saturated rings. The summed E-state index contributed by atoms with van der Waals surface area (Å²) in [6, 6.07) is 16.0. The van der Waals surface area contributed by atoms with Crippen molar-refractivity contribution >= 4 is 10.8 Å². The van der Waals surface area contributed by atoms with Crippen LogP contribution in [0.25, 0.3) is 22.1 Å². The van der Waals surface area contributed by atoms with Gasteiger partial charge in [-0.2, -0.15) is 0 Å². The number of rotatable bonds is 2. The number of hydrogen-bond acceptors (Lipinski definition) is 2. The summed E-state index contributed by atoms with van der Waals surface area (Å²) in [6.45, 7) is 0. The first-order valence-corrected chi connectivity index (χ1v) is 5.50. The highest BCUT2D eigenvalue weighted by molar-refractivity contribution is 5.99. The first kappa shape index (κ1) is 9.97. The maximum atomic E-state index is 5.46. The summed E-state index contributed by atoms with van der Waals surface area (Å²) in [7, 11) is 1.69. The van der Waals surface area contributed by atoms with Crippen molar-refractivity contribution in [3.8, 4) is 17.1 Å². The maximum absolute atomic E-state index is 5.46. The van der Waals surface area contributed by atoms with E-state index in [9.17, 15) is 0 Å². The Balaban J connectivity index is 2.34. The molecule has 0 aliphatic carbocycles. The van der Waals surface area contributed by atoms with E-state index in [1.807, 2.05) is 36.4 Å². The van der Waals surface area contributed by atoms with E-state index in [1.54, 1.807) is 13.4 Å². The quantitative estimate of drug-likeness (QED) is 0.653. The number of furan rings is 1. The van der Waals surface area contributed by atoms with Crippen LogP contribution in [-0.2, 0) is 0 Å². The number of benzene rings is 2. The van der Waals surface area contributed by atoms with Crippen LogP contribution in [-0.4, -0.2) is 7.11 Å². The molecule has 3 rings (SSSR count). The molecule has 17 heavy (non-hydrogen) atoms. The van der Waals surface area contributed by atoms with Crippen molar-refractivity contribution < 1.29 is 9.15 Å². The van der Waals surface area contributed by atoms with Crippen LogP contribution < -0.4 is 4.74 Å². The van der Waals surface area contributed by atoms with Crippen molar-refractivity contribution in [1.82, 2.24) is 0 Å². The van der Waals surface area contributed by atoms with Gasteiger partial charge in [-0.3, -0.25) is 0 Å². The van der Waals surface area contributed by atoms with E-state index in [4.69, 9.17) is 9.15 Å². The Morgan fingerprint density at radius 1 is 0.882 bits per heavy atom. The van der Waals surface area contributed by atoms with Gasteiger partial charge in [-0.25, -0.2) is 0 Å². The van der Waals surface area contributed by atoms with Crippen LogP contribution in [0.2, 0.25) is 0 Å². The van der Waals surface area contributed by atoms with E-state index in [0.717, 1.165) is 27.8 Å². The highest BCUT2D eigenvalue weighted by Crippen LogP contribution is 2.34. The highest BCUT2D eigenvalue weighted by Gasteiger charge is 2.08. The van der Waals surface area contributed by atoms with E-state index >= 15 is 0 Å². The molecule has 2 aromatic carbocycles. The van der Waals surface area contributed by atoms with Crippen molar-refractivity contribution in [3.63, 3.8) is 0 Å². The highest BCUT2D eigenvalue weighted by atomic mass is 16.5. The molecule has 0 aliphatic rings. The average molecular weight is 224 g/mol. The van der Waals surface area contributed by atoms with E-state index in [0.29, 0.717) is 0 Å². The van der Waals surface area contributed by atoms with Crippen molar-refractivity contribution in [3.05, 3.63) is 54.8 Å². The van der Waals surface area contributed by atoms with Crippen LogP contribution in [0.5, 0.6) is 5.75 Å². The molecule has 1 aromatic heterocycles. The van der Waals surface area contributed by atoms with Crippen molar-refractivity contribution in [2.45, 2.75) is 0 Å². The Labute approximate surface area is 99.4 Å². The fourth-order valence-electron chi connectivity index (χ4n) is 2.10. The van der Waals surface area contributed by atoms with E-state index in [1.165, 1.54) is 0 Å². The SMILES string of the molecule is COc1ccc(-c2ccco2)c2ccccc12. The Bertz CT molecular complexity index is 639. The van der Waals surface area contributed by atoms with E-state index in [-0.39, 0.29) is 0 Å². The zero-order valence-corrected chi connectivity index (χ0v) is 9.51. The van der Waals surface area contributed by atoms with E-state index < -0.39 is 0 Å². The van der Waals surface area contributed by atoms with Crippen LogP contribution in [0.3, 0.4) is 0 Å². The van der Waals surface area contributed by atoms with Crippen LogP contribution in [0, 0.1) is 0 Å². The summed E-state index contributed by atoms with van der Waals surface area (Å²) in [5, 5.41) is 2.24. The third-order valence-electron chi connectivity index (χ3n) is 2.89. The fourth-order valence-corrected chi connectivity index (χ4v) is 2.10. The third-order valence-corrected chi connectivity index (χ3v) is 2.89. The molecule has 0 radical (unpaired) electrons. The number of methoxy groups -OCH3 is 1. The minimum Gasteiger partial charge on any atom is -0.496 e. The zero-order chi connectivity index (χ0) is 11.7. The number of hydrogen-bond donors (Lipinski definition) is 0. The van der Waals surface area contributed by atoms with Gasteiger partial charge in [0.1, 0.15) is 11.5 Å². The molecule has 2 nitrogen and oxygen atoms in total. The molecule has 0 bridgehead atoms.